The van der Waals surface area contributed by atoms with Crippen LogP contribution in [0.2, 0.25) is 10.0 Å². The molecule has 4 aromatic heterocycles. The highest BCUT2D eigenvalue weighted by atomic mass is 35.5. The molecule has 0 spiro atoms. The van der Waals surface area contributed by atoms with E-state index >= 15 is 0 Å². The van der Waals surface area contributed by atoms with Crippen molar-refractivity contribution in [2.45, 2.75) is 113 Å². The number of rotatable bonds is 8. The second-order valence-corrected chi connectivity index (χ2v) is 17.4. The van der Waals surface area contributed by atoms with Crippen LogP contribution in [0.3, 0.4) is 0 Å². The van der Waals surface area contributed by atoms with Crippen LogP contribution in [0.1, 0.15) is 147 Å². The Kier molecular flexibility index (Phi) is 10.3. The molecule has 0 bridgehead atoms. The van der Waals surface area contributed by atoms with Crippen LogP contribution in [0, 0.1) is 11.8 Å². The number of aromatic nitrogens is 4. The largest absolute Gasteiger partial charge is 0.387 e. The van der Waals surface area contributed by atoms with Gasteiger partial charge in [0.1, 0.15) is 0 Å². The molecule has 4 fully saturated rings. The van der Waals surface area contributed by atoms with Crippen LogP contribution in [-0.2, 0) is 0 Å². The number of pyridine rings is 2. The summed E-state index contributed by atoms with van der Waals surface area (Å²) in [6.45, 7) is 0. The van der Waals surface area contributed by atoms with Crippen LogP contribution in [0.4, 0.5) is 0 Å². The van der Waals surface area contributed by atoms with Crippen molar-refractivity contribution < 1.29 is 10.2 Å². The molecule has 4 aliphatic carbocycles. The zero-order valence-corrected chi connectivity index (χ0v) is 32.3. The van der Waals surface area contributed by atoms with Gasteiger partial charge in [0.05, 0.1) is 59.7 Å². The quantitative estimate of drug-likeness (QED) is 0.162. The lowest BCUT2D eigenvalue weighted by atomic mass is 9.75. The van der Waals surface area contributed by atoms with Crippen molar-refractivity contribution in [3.8, 4) is 0 Å². The van der Waals surface area contributed by atoms with E-state index in [1.54, 1.807) is 0 Å². The van der Waals surface area contributed by atoms with Crippen molar-refractivity contribution in [2.75, 3.05) is 0 Å². The van der Waals surface area contributed by atoms with Gasteiger partial charge in [-0.3, -0.25) is 0 Å². The Bertz CT molecular complexity index is 2070. The molecule has 0 aliphatic heterocycles. The van der Waals surface area contributed by atoms with Crippen molar-refractivity contribution in [1.82, 2.24) is 18.8 Å². The molecule has 4 saturated carbocycles. The van der Waals surface area contributed by atoms with Crippen LogP contribution in [0.15, 0.2) is 97.8 Å². The van der Waals surface area contributed by atoms with Gasteiger partial charge in [-0.1, -0.05) is 59.6 Å². The third-order valence-electron chi connectivity index (χ3n) is 13.0. The highest BCUT2D eigenvalue weighted by molar-refractivity contribution is 6.30. The van der Waals surface area contributed by atoms with E-state index in [1.807, 2.05) is 49.3 Å². The molecule has 280 valence electrons. The predicted molar refractivity (Wildman–Crippen MR) is 217 cm³/mol. The zero-order chi connectivity index (χ0) is 36.8. The first-order chi connectivity index (χ1) is 26.4. The minimum Gasteiger partial charge on any atom is -0.387 e. The van der Waals surface area contributed by atoms with E-state index in [-0.39, 0.29) is 0 Å². The molecule has 54 heavy (non-hydrogen) atoms. The highest BCUT2D eigenvalue weighted by Gasteiger charge is 2.36. The van der Waals surface area contributed by atoms with Crippen molar-refractivity contribution in [2.24, 2.45) is 11.8 Å². The van der Waals surface area contributed by atoms with Crippen LogP contribution in [0.5, 0.6) is 0 Å². The van der Waals surface area contributed by atoms with Crippen molar-refractivity contribution in [3.05, 3.63) is 142 Å². The standard InChI is InChI=1S/2C23H25ClN2O/c2*24-19-3-1-2-18(12-19)15-4-8-17(9-5-15)23(27)22-21(16-6-7-16)11-10-20-13-25-14-26(20)22/h2*1-3,10-17,23,27H,4-9H2/t2*15?,17?,23-/m10/s1. The molecule has 4 heterocycles. The molecule has 6 aromatic rings. The van der Waals surface area contributed by atoms with E-state index < -0.39 is 12.2 Å². The minimum absolute atomic E-state index is 0.311. The summed E-state index contributed by atoms with van der Waals surface area (Å²) >= 11 is 12.3. The molecule has 0 radical (unpaired) electrons. The first-order valence-electron chi connectivity index (χ1n) is 20.2. The Morgan fingerprint density at radius 2 is 0.889 bits per heavy atom. The number of fused-ring (bicyclic) bond motifs is 2. The summed E-state index contributed by atoms with van der Waals surface area (Å²) in [5, 5.41) is 24.3. The molecule has 8 heteroatoms. The van der Waals surface area contributed by atoms with Crippen molar-refractivity contribution >= 4 is 34.2 Å². The fourth-order valence-corrected chi connectivity index (χ4v) is 10.1. The van der Waals surface area contributed by atoms with Gasteiger partial charge in [-0.15, -0.1) is 0 Å². The first kappa shape index (κ1) is 36.0. The van der Waals surface area contributed by atoms with E-state index in [9.17, 15) is 10.2 Å². The van der Waals surface area contributed by atoms with E-state index in [1.165, 1.54) is 47.9 Å². The number of benzene rings is 2. The fourth-order valence-electron chi connectivity index (χ4n) is 9.67. The van der Waals surface area contributed by atoms with E-state index in [0.717, 1.165) is 83.8 Å². The van der Waals surface area contributed by atoms with E-state index in [4.69, 9.17) is 23.2 Å². The third kappa shape index (κ3) is 7.47. The third-order valence-corrected chi connectivity index (χ3v) is 13.5. The Hall–Kier alpha value is -3.68. The molecule has 0 unspecified atom stereocenters. The second kappa shape index (κ2) is 15.5. The molecule has 0 saturated heterocycles. The molecule has 2 N–H and O–H groups in total. The lowest BCUT2D eigenvalue weighted by Crippen LogP contribution is -2.22. The maximum absolute atomic E-state index is 11.4. The molecular formula is C46H50Cl2N4O2. The maximum Gasteiger partial charge on any atom is 0.0995 e. The number of halogens is 2. The summed E-state index contributed by atoms with van der Waals surface area (Å²) in [5.41, 5.74) is 9.63. The monoisotopic (exact) mass is 760 g/mol. The Balaban J connectivity index is 0.000000142. The summed E-state index contributed by atoms with van der Waals surface area (Å²) in [4.78, 5) is 8.62. The van der Waals surface area contributed by atoms with Gasteiger partial charge in [-0.05, 0) is 171 Å². The van der Waals surface area contributed by atoms with Crippen LogP contribution in [0.25, 0.3) is 11.0 Å². The summed E-state index contributed by atoms with van der Waals surface area (Å²) < 4.78 is 4.22. The lowest BCUT2D eigenvalue weighted by Gasteiger charge is -2.33. The normalized spacial score (nSPS) is 24.2. The Labute approximate surface area is 328 Å². The molecule has 6 nitrogen and oxygen atoms in total. The average Bonchev–Trinajstić information content (AvgIpc) is 4.14. The van der Waals surface area contributed by atoms with Crippen molar-refractivity contribution in [3.63, 3.8) is 0 Å². The van der Waals surface area contributed by atoms with Crippen LogP contribution < -0.4 is 0 Å². The number of hydrogen-bond donors (Lipinski definition) is 2. The summed E-state index contributed by atoms with van der Waals surface area (Å²) in [7, 11) is 0. The molecule has 0 amide bonds. The van der Waals surface area contributed by atoms with Gasteiger partial charge in [-0.25, -0.2) is 9.97 Å². The fraction of sp³-hybridized carbons (Fsp3) is 0.435. The topological polar surface area (TPSA) is 75.1 Å². The molecule has 10 rings (SSSR count). The van der Waals surface area contributed by atoms with Gasteiger partial charge in [0.2, 0.25) is 0 Å². The van der Waals surface area contributed by atoms with Crippen LogP contribution >= 0.6 is 23.2 Å². The summed E-state index contributed by atoms with van der Waals surface area (Å²) in [6.07, 6.45) is 20.2. The SMILES string of the molecule is O[C@@H](c1c(C2CC2)ccc2cncn12)C1CCC(c2cccc(Cl)c2)CC1.O[C@H](c1c(C2CC2)ccc2cncn12)C1CCC(c2cccc(Cl)c2)CC1. The van der Waals surface area contributed by atoms with Gasteiger partial charge in [0.25, 0.3) is 0 Å². The Morgan fingerprint density at radius 1 is 0.500 bits per heavy atom. The number of aliphatic hydroxyl groups excluding tert-OH is 2. The maximum atomic E-state index is 11.4. The number of aliphatic hydroxyl groups is 2. The second-order valence-electron chi connectivity index (χ2n) is 16.5. The average molecular weight is 762 g/mol. The van der Waals surface area contributed by atoms with Gasteiger partial charge < -0.3 is 19.0 Å². The predicted octanol–water partition coefficient (Wildman–Crippen LogP) is 11.7. The number of nitrogens with zero attached hydrogens (tertiary/aromatic N) is 4. The van der Waals surface area contributed by atoms with E-state index in [2.05, 4.69) is 67.3 Å². The summed E-state index contributed by atoms with van der Waals surface area (Å²) in [6, 6.07) is 25.2. The molecule has 2 atom stereocenters. The molecule has 4 aliphatic rings. The van der Waals surface area contributed by atoms with Gasteiger partial charge in [-0.2, -0.15) is 0 Å². The lowest BCUT2D eigenvalue weighted by molar-refractivity contribution is 0.0753. The van der Waals surface area contributed by atoms with Gasteiger partial charge in [0, 0.05) is 10.0 Å². The summed E-state index contributed by atoms with van der Waals surface area (Å²) in [5.74, 6) is 2.96. The number of hydrogen-bond acceptors (Lipinski definition) is 4. The van der Waals surface area contributed by atoms with Crippen LogP contribution in [-0.4, -0.2) is 29.0 Å². The number of imidazole rings is 2. The van der Waals surface area contributed by atoms with Gasteiger partial charge >= 0.3 is 0 Å². The molecule has 2 aromatic carbocycles. The highest BCUT2D eigenvalue weighted by Crippen LogP contribution is 2.49. The van der Waals surface area contributed by atoms with E-state index in [0.29, 0.717) is 35.5 Å². The minimum atomic E-state index is -0.418. The first-order valence-corrected chi connectivity index (χ1v) is 20.9. The smallest absolute Gasteiger partial charge is 0.0995 e. The zero-order valence-electron chi connectivity index (χ0n) is 30.8. The van der Waals surface area contributed by atoms with Crippen molar-refractivity contribution in [1.29, 1.82) is 0 Å². The Morgan fingerprint density at radius 3 is 1.26 bits per heavy atom. The van der Waals surface area contributed by atoms with Gasteiger partial charge in [0.15, 0.2) is 0 Å². The molecular weight excluding hydrogens is 711 g/mol.